The van der Waals surface area contributed by atoms with Crippen molar-refractivity contribution in [2.45, 2.75) is 19.8 Å². The lowest BCUT2D eigenvalue weighted by Crippen LogP contribution is -2.35. The molecule has 1 saturated heterocycles. The van der Waals surface area contributed by atoms with Crippen LogP contribution in [0.5, 0.6) is 0 Å². The fourth-order valence-corrected chi connectivity index (χ4v) is 2.27. The van der Waals surface area contributed by atoms with Gasteiger partial charge in [0.1, 0.15) is 0 Å². The second-order valence-corrected chi connectivity index (χ2v) is 4.88. The highest BCUT2D eigenvalue weighted by Gasteiger charge is 2.35. The molecule has 2 aliphatic rings. The van der Waals surface area contributed by atoms with Crippen LogP contribution in [0.15, 0.2) is 0 Å². The van der Waals surface area contributed by atoms with Crippen molar-refractivity contribution in [1.29, 1.82) is 0 Å². The summed E-state index contributed by atoms with van der Waals surface area (Å²) < 4.78 is 0. The van der Waals surface area contributed by atoms with Crippen LogP contribution in [0.1, 0.15) is 19.8 Å². The standard InChI is InChI=1S/C11H20N2O/c1-8-5-10(8)7-13(2)11(14)9-3-4-12-6-9/h8-10,12H,3-7H2,1-2H3. The average Bonchev–Trinajstić information content (AvgIpc) is 2.72. The van der Waals surface area contributed by atoms with Crippen molar-refractivity contribution in [3.05, 3.63) is 0 Å². The Morgan fingerprint density at radius 1 is 1.57 bits per heavy atom. The molecule has 1 N–H and O–H groups in total. The molecule has 1 aliphatic heterocycles. The van der Waals surface area contributed by atoms with Crippen molar-refractivity contribution >= 4 is 5.91 Å². The van der Waals surface area contributed by atoms with Crippen molar-refractivity contribution in [2.24, 2.45) is 17.8 Å². The van der Waals surface area contributed by atoms with Crippen molar-refractivity contribution in [3.63, 3.8) is 0 Å². The Morgan fingerprint density at radius 2 is 2.29 bits per heavy atom. The van der Waals surface area contributed by atoms with Crippen LogP contribution in [-0.2, 0) is 4.79 Å². The van der Waals surface area contributed by atoms with Crippen LogP contribution < -0.4 is 5.32 Å². The number of nitrogens with one attached hydrogen (secondary N) is 1. The van der Waals surface area contributed by atoms with Crippen LogP contribution in [-0.4, -0.2) is 37.5 Å². The summed E-state index contributed by atoms with van der Waals surface area (Å²) in [5, 5.41) is 3.24. The van der Waals surface area contributed by atoms with Gasteiger partial charge >= 0.3 is 0 Å². The molecule has 3 atom stereocenters. The number of rotatable bonds is 3. The van der Waals surface area contributed by atoms with Gasteiger partial charge in [-0.3, -0.25) is 4.79 Å². The van der Waals surface area contributed by atoms with Gasteiger partial charge in [0.15, 0.2) is 0 Å². The van der Waals surface area contributed by atoms with E-state index in [9.17, 15) is 4.79 Å². The lowest BCUT2D eigenvalue weighted by molar-refractivity contribution is -0.133. The molecule has 1 saturated carbocycles. The van der Waals surface area contributed by atoms with Crippen LogP contribution in [0.3, 0.4) is 0 Å². The zero-order chi connectivity index (χ0) is 10.1. The third kappa shape index (κ3) is 2.08. The topological polar surface area (TPSA) is 32.3 Å². The van der Waals surface area contributed by atoms with Gasteiger partial charge in [-0.2, -0.15) is 0 Å². The number of hydrogen-bond acceptors (Lipinski definition) is 2. The number of hydrogen-bond donors (Lipinski definition) is 1. The summed E-state index contributed by atoms with van der Waals surface area (Å²) in [6, 6.07) is 0. The summed E-state index contributed by atoms with van der Waals surface area (Å²) in [4.78, 5) is 13.8. The van der Waals surface area contributed by atoms with Gasteiger partial charge in [0.25, 0.3) is 0 Å². The Balaban J connectivity index is 1.78. The van der Waals surface area contributed by atoms with Gasteiger partial charge in [0.2, 0.25) is 5.91 Å². The molecule has 0 aromatic carbocycles. The molecule has 80 valence electrons. The highest BCUT2D eigenvalue weighted by atomic mass is 16.2. The first-order chi connectivity index (χ1) is 6.68. The Hall–Kier alpha value is -0.570. The van der Waals surface area contributed by atoms with E-state index in [1.54, 1.807) is 0 Å². The average molecular weight is 196 g/mol. The molecule has 14 heavy (non-hydrogen) atoms. The van der Waals surface area contributed by atoms with Gasteiger partial charge in [0, 0.05) is 20.1 Å². The molecule has 0 spiro atoms. The third-order valence-corrected chi connectivity index (χ3v) is 3.57. The van der Waals surface area contributed by atoms with Crippen LogP contribution in [0.2, 0.25) is 0 Å². The predicted octanol–water partition coefficient (Wildman–Crippen LogP) is 0.710. The van der Waals surface area contributed by atoms with Gasteiger partial charge < -0.3 is 10.2 Å². The molecular formula is C11H20N2O. The zero-order valence-corrected chi connectivity index (χ0v) is 9.12. The summed E-state index contributed by atoms with van der Waals surface area (Å²) in [6.07, 6.45) is 2.32. The maximum absolute atomic E-state index is 11.9. The molecule has 3 unspecified atom stereocenters. The quantitative estimate of drug-likeness (QED) is 0.721. The summed E-state index contributed by atoms with van der Waals surface area (Å²) >= 11 is 0. The first kappa shape index (κ1) is 9.97. The van der Waals surface area contributed by atoms with E-state index in [4.69, 9.17) is 0 Å². The molecule has 1 amide bonds. The van der Waals surface area contributed by atoms with Gasteiger partial charge in [-0.15, -0.1) is 0 Å². The summed E-state index contributed by atoms with van der Waals surface area (Å²) in [5.74, 6) is 2.20. The summed E-state index contributed by atoms with van der Waals surface area (Å²) in [5.41, 5.74) is 0. The molecule has 1 aliphatic carbocycles. The fraction of sp³-hybridized carbons (Fsp3) is 0.909. The van der Waals surface area contributed by atoms with E-state index in [0.29, 0.717) is 5.91 Å². The second kappa shape index (κ2) is 3.89. The molecule has 0 radical (unpaired) electrons. The van der Waals surface area contributed by atoms with Gasteiger partial charge in [-0.05, 0) is 31.2 Å². The van der Waals surface area contributed by atoms with Crippen molar-refractivity contribution < 1.29 is 4.79 Å². The Morgan fingerprint density at radius 3 is 2.79 bits per heavy atom. The van der Waals surface area contributed by atoms with E-state index in [-0.39, 0.29) is 5.92 Å². The zero-order valence-electron chi connectivity index (χ0n) is 9.12. The Bertz CT molecular complexity index is 223. The number of nitrogens with zero attached hydrogens (tertiary/aromatic N) is 1. The minimum Gasteiger partial charge on any atom is -0.345 e. The van der Waals surface area contributed by atoms with Crippen LogP contribution >= 0.6 is 0 Å². The third-order valence-electron chi connectivity index (χ3n) is 3.57. The molecule has 2 rings (SSSR count). The largest absolute Gasteiger partial charge is 0.345 e. The number of amides is 1. The van der Waals surface area contributed by atoms with E-state index < -0.39 is 0 Å². The molecule has 0 bridgehead atoms. The molecule has 0 aromatic heterocycles. The van der Waals surface area contributed by atoms with E-state index in [0.717, 1.165) is 37.9 Å². The first-order valence-corrected chi connectivity index (χ1v) is 5.64. The number of carbonyl (C=O) groups is 1. The van der Waals surface area contributed by atoms with Gasteiger partial charge in [0.05, 0.1) is 5.92 Å². The fourth-order valence-electron chi connectivity index (χ4n) is 2.27. The highest BCUT2D eigenvalue weighted by Crippen LogP contribution is 2.38. The van der Waals surface area contributed by atoms with Gasteiger partial charge in [-0.25, -0.2) is 0 Å². The maximum atomic E-state index is 11.9. The second-order valence-electron chi connectivity index (χ2n) is 4.88. The number of carbonyl (C=O) groups excluding carboxylic acids is 1. The van der Waals surface area contributed by atoms with Crippen molar-refractivity contribution in [3.8, 4) is 0 Å². The van der Waals surface area contributed by atoms with E-state index in [1.807, 2.05) is 11.9 Å². The predicted molar refractivity (Wildman–Crippen MR) is 55.9 cm³/mol. The normalized spacial score (nSPS) is 35.7. The molecule has 3 heteroatoms. The van der Waals surface area contributed by atoms with Crippen LogP contribution in [0.25, 0.3) is 0 Å². The minimum atomic E-state index is 0.244. The summed E-state index contributed by atoms with van der Waals surface area (Å²) in [6.45, 7) is 5.12. The lowest BCUT2D eigenvalue weighted by Gasteiger charge is -2.20. The lowest BCUT2D eigenvalue weighted by atomic mass is 10.1. The smallest absolute Gasteiger partial charge is 0.226 e. The van der Waals surface area contributed by atoms with Crippen molar-refractivity contribution in [2.75, 3.05) is 26.7 Å². The minimum absolute atomic E-state index is 0.244. The Labute approximate surface area is 85.8 Å². The molecule has 0 aromatic rings. The Kier molecular flexibility index (Phi) is 2.77. The molecule has 3 nitrogen and oxygen atoms in total. The molecular weight excluding hydrogens is 176 g/mol. The van der Waals surface area contributed by atoms with E-state index in [1.165, 1.54) is 6.42 Å². The SMILES string of the molecule is CC1CC1CN(C)C(=O)C1CCNC1. The highest BCUT2D eigenvalue weighted by molar-refractivity contribution is 5.79. The first-order valence-electron chi connectivity index (χ1n) is 5.64. The van der Waals surface area contributed by atoms with E-state index in [2.05, 4.69) is 12.2 Å². The molecule has 2 fully saturated rings. The molecule has 1 heterocycles. The monoisotopic (exact) mass is 196 g/mol. The van der Waals surface area contributed by atoms with Crippen molar-refractivity contribution in [1.82, 2.24) is 10.2 Å². The van der Waals surface area contributed by atoms with Crippen LogP contribution in [0, 0.1) is 17.8 Å². The maximum Gasteiger partial charge on any atom is 0.226 e. The van der Waals surface area contributed by atoms with E-state index >= 15 is 0 Å². The summed E-state index contributed by atoms with van der Waals surface area (Å²) in [7, 11) is 1.95. The van der Waals surface area contributed by atoms with Gasteiger partial charge in [-0.1, -0.05) is 6.92 Å². The van der Waals surface area contributed by atoms with Crippen LogP contribution in [0.4, 0.5) is 0 Å².